The van der Waals surface area contributed by atoms with Crippen molar-refractivity contribution in [2.24, 2.45) is 0 Å². The molecule has 5 heteroatoms. The molecule has 0 unspecified atom stereocenters. The van der Waals surface area contributed by atoms with Crippen LogP contribution in [0.5, 0.6) is 0 Å². The van der Waals surface area contributed by atoms with Gasteiger partial charge in [-0.05, 0) is 18.2 Å². The quantitative estimate of drug-likeness (QED) is 0.663. The summed E-state index contributed by atoms with van der Waals surface area (Å²) >= 11 is 0. The molecular formula is C16H16N4O. The topological polar surface area (TPSA) is 61.0 Å². The van der Waals surface area contributed by atoms with Gasteiger partial charge in [-0.15, -0.1) is 0 Å². The van der Waals surface area contributed by atoms with Crippen molar-refractivity contribution in [3.63, 3.8) is 0 Å². The molecule has 0 amide bonds. The van der Waals surface area contributed by atoms with Gasteiger partial charge in [-0.2, -0.15) is 0 Å². The van der Waals surface area contributed by atoms with Gasteiger partial charge in [-0.1, -0.05) is 18.2 Å². The molecule has 4 rings (SSSR count). The summed E-state index contributed by atoms with van der Waals surface area (Å²) in [5.41, 5.74) is 1.59. The number of nitrogens with zero attached hydrogens (tertiary/aromatic N) is 2. The monoisotopic (exact) mass is 280 g/mol. The Bertz CT molecular complexity index is 865. The Morgan fingerprint density at radius 1 is 1.00 bits per heavy atom. The molecule has 1 fully saturated rings. The van der Waals surface area contributed by atoms with E-state index in [0.717, 1.165) is 48.4 Å². The van der Waals surface area contributed by atoms with Gasteiger partial charge in [0.15, 0.2) is 0 Å². The Kier molecular flexibility index (Phi) is 2.86. The lowest BCUT2D eigenvalue weighted by Gasteiger charge is -2.28. The number of H-pyrrole nitrogens is 1. The summed E-state index contributed by atoms with van der Waals surface area (Å²) < 4.78 is 0. The highest BCUT2D eigenvalue weighted by Crippen LogP contribution is 2.22. The van der Waals surface area contributed by atoms with Crippen LogP contribution in [0.3, 0.4) is 0 Å². The van der Waals surface area contributed by atoms with E-state index in [2.05, 4.69) is 15.2 Å². The number of pyridine rings is 2. The van der Waals surface area contributed by atoms with Crippen LogP contribution < -0.4 is 15.8 Å². The standard InChI is InChI=1S/C16H16N4O/c21-16-12-4-2-1-3-11(12)15-13(18-16)5-6-14(19-15)20-9-7-17-8-10-20/h1-6,17H,7-10H2,(H,18,21). The third-order valence-corrected chi connectivity index (χ3v) is 4.00. The van der Waals surface area contributed by atoms with Crippen LogP contribution in [-0.4, -0.2) is 36.1 Å². The molecule has 2 N–H and O–H groups in total. The minimum Gasteiger partial charge on any atom is -0.354 e. The van der Waals surface area contributed by atoms with E-state index >= 15 is 0 Å². The third-order valence-electron chi connectivity index (χ3n) is 4.00. The minimum atomic E-state index is -0.0603. The van der Waals surface area contributed by atoms with Crippen LogP contribution in [-0.2, 0) is 0 Å². The lowest BCUT2D eigenvalue weighted by atomic mass is 10.1. The maximum absolute atomic E-state index is 12.1. The van der Waals surface area contributed by atoms with Gasteiger partial charge in [0.1, 0.15) is 5.82 Å². The second kappa shape index (κ2) is 4.86. The van der Waals surface area contributed by atoms with Crippen molar-refractivity contribution < 1.29 is 0 Å². The van der Waals surface area contributed by atoms with Gasteiger partial charge in [-0.25, -0.2) is 4.98 Å². The molecule has 106 valence electrons. The molecule has 1 aliphatic heterocycles. The molecule has 1 saturated heterocycles. The Morgan fingerprint density at radius 3 is 2.57 bits per heavy atom. The van der Waals surface area contributed by atoms with E-state index in [-0.39, 0.29) is 5.56 Å². The first-order valence-electron chi connectivity index (χ1n) is 7.20. The molecule has 5 nitrogen and oxygen atoms in total. The number of nitrogens with one attached hydrogen (secondary N) is 2. The van der Waals surface area contributed by atoms with E-state index in [1.54, 1.807) is 0 Å². The van der Waals surface area contributed by atoms with E-state index in [1.807, 2.05) is 36.4 Å². The highest BCUT2D eigenvalue weighted by Gasteiger charge is 2.13. The van der Waals surface area contributed by atoms with Crippen molar-refractivity contribution in [3.05, 3.63) is 46.8 Å². The molecule has 2 aromatic heterocycles. The molecule has 0 aliphatic carbocycles. The number of anilines is 1. The second-order valence-corrected chi connectivity index (χ2v) is 5.30. The number of piperazine rings is 1. The van der Waals surface area contributed by atoms with E-state index in [0.29, 0.717) is 5.39 Å². The van der Waals surface area contributed by atoms with Crippen molar-refractivity contribution in [2.45, 2.75) is 0 Å². The van der Waals surface area contributed by atoms with Crippen molar-refractivity contribution in [3.8, 4) is 0 Å². The van der Waals surface area contributed by atoms with Crippen LogP contribution >= 0.6 is 0 Å². The average Bonchev–Trinajstić information content (AvgIpc) is 2.56. The number of aromatic amines is 1. The summed E-state index contributed by atoms with van der Waals surface area (Å²) in [6, 6.07) is 11.6. The SMILES string of the molecule is O=c1[nH]c2ccc(N3CCNCC3)nc2c2ccccc12. The molecule has 21 heavy (non-hydrogen) atoms. The van der Waals surface area contributed by atoms with Crippen LogP contribution in [0.2, 0.25) is 0 Å². The molecule has 0 bridgehead atoms. The molecule has 3 heterocycles. The predicted octanol–water partition coefficient (Wildman–Crippen LogP) is 1.49. The van der Waals surface area contributed by atoms with Crippen molar-refractivity contribution in [1.82, 2.24) is 15.3 Å². The molecule has 0 spiro atoms. The van der Waals surface area contributed by atoms with Gasteiger partial charge in [0.05, 0.1) is 11.0 Å². The number of rotatable bonds is 1. The molecule has 3 aromatic rings. The highest BCUT2D eigenvalue weighted by molar-refractivity contribution is 6.03. The summed E-state index contributed by atoms with van der Waals surface area (Å²) in [7, 11) is 0. The van der Waals surface area contributed by atoms with Gasteiger partial charge in [0.25, 0.3) is 5.56 Å². The fourth-order valence-corrected chi connectivity index (χ4v) is 2.90. The zero-order valence-corrected chi connectivity index (χ0v) is 11.6. The zero-order valence-electron chi connectivity index (χ0n) is 11.6. The Hall–Kier alpha value is -2.40. The smallest absolute Gasteiger partial charge is 0.256 e. The van der Waals surface area contributed by atoms with E-state index in [1.165, 1.54) is 0 Å². The molecule has 0 radical (unpaired) electrons. The highest BCUT2D eigenvalue weighted by atomic mass is 16.1. The molecular weight excluding hydrogens is 264 g/mol. The largest absolute Gasteiger partial charge is 0.354 e. The number of hydrogen-bond acceptors (Lipinski definition) is 4. The lowest BCUT2D eigenvalue weighted by molar-refractivity contribution is 0.585. The molecule has 1 aromatic carbocycles. The normalized spacial score (nSPS) is 15.7. The molecule has 0 saturated carbocycles. The number of fused-ring (bicyclic) bond motifs is 3. The van der Waals surface area contributed by atoms with Crippen LogP contribution in [0.4, 0.5) is 5.82 Å². The maximum atomic E-state index is 12.1. The fraction of sp³-hybridized carbons (Fsp3) is 0.250. The van der Waals surface area contributed by atoms with Crippen molar-refractivity contribution >= 4 is 27.6 Å². The van der Waals surface area contributed by atoms with Crippen molar-refractivity contribution in [1.29, 1.82) is 0 Å². The number of aromatic nitrogens is 2. The second-order valence-electron chi connectivity index (χ2n) is 5.30. The van der Waals surface area contributed by atoms with Gasteiger partial charge in [0.2, 0.25) is 0 Å². The summed E-state index contributed by atoms with van der Waals surface area (Å²) in [4.78, 5) is 22.1. The van der Waals surface area contributed by atoms with Crippen LogP contribution in [0.25, 0.3) is 21.8 Å². The summed E-state index contributed by atoms with van der Waals surface area (Å²) in [5, 5.41) is 4.94. The van der Waals surface area contributed by atoms with Gasteiger partial charge >= 0.3 is 0 Å². The first kappa shape index (κ1) is 12.3. The summed E-state index contributed by atoms with van der Waals surface area (Å²) in [6.45, 7) is 3.87. The zero-order chi connectivity index (χ0) is 14.2. The molecule has 0 atom stereocenters. The minimum absolute atomic E-state index is 0.0603. The Morgan fingerprint density at radius 2 is 1.76 bits per heavy atom. The van der Waals surface area contributed by atoms with Crippen LogP contribution in [0.1, 0.15) is 0 Å². The first-order valence-corrected chi connectivity index (χ1v) is 7.20. The Labute approximate surface area is 121 Å². The lowest BCUT2D eigenvalue weighted by Crippen LogP contribution is -2.43. The van der Waals surface area contributed by atoms with Gasteiger partial charge < -0.3 is 15.2 Å². The van der Waals surface area contributed by atoms with Crippen LogP contribution in [0, 0.1) is 0 Å². The first-order chi connectivity index (χ1) is 10.3. The Balaban J connectivity index is 1.95. The van der Waals surface area contributed by atoms with E-state index < -0.39 is 0 Å². The summed E-state index contributed by atoms with van der Waals surface area (Å²) in [5.74, 6) is 0.973. The van der Waals surface area contributed by atoms with Crippen molar-refractivity contribution in [2.75, 3.05) is 31.1 Å². The molecule has 1 aliphatic rings. The predicted molar refractivity (Wildman–Crippen MR) is 85.0 cm³/mol. The maximum Gasteiger partial charge on any atom is 0.256 e. The fourth-order valence-electron chi connectivity index (χ4n) is 2.90. The van der Waals surface area contributed by atoms with Gasteiger partial charge in [0, 0.05) is 37.0 Å². The average molecular weight is 280 g/mol. The van der Waals surface area contributed by atoms with E-state index in [4.69, 9.17) is 4.98 Å². The van der Waals surface area contributed by atoms with E-state index in [9.17, 15) is 4.79 Å². The number of benzene rings is 1. The third kappa shape index (κ3) is 2.06. The number of hydrogen-bond donors (Lipinski definition) is 2. The van der Waals surface area contributed by atoms with Crippen LogP contribution in [0.15, 0.2) is 41.2 Å². The summed E-state index contributed by atoms with van der Waals surface area (Å²) in [6.07, 6.45) is 0. The van der Waals surface area contributed by atoms with Gasteiger partial charge in [-0.3, -0.25) is 4.79 Å².